The largest absolute Gasteiger partial charge is 0.486 e. The quantitative estimate of drug-likeness (QED) is 0.428. The van der Waals surface area contributed by atoms with Gasteiger partial charge >= 0.3 is 5.97 Å². The summed E-state index contributed by atoms with van der Waals surface area (Å²) in [6, 6.07) is 9.96. The van der Waals surface area contributed by atoms with Crippen molar-refractivity contribution < 1.29 is 28.5 Å². The van der Waals surface area contributed by atoms with Crippen LogP contribution in [0.2, 0.25) is 5.02 Å². The monoisotopic (exact) mass is 388 g/mol. The number of hydrogen-bond donors (Lipinski definition) is 0. The number of methoxy groups -OCH3 is 1. The Morgan fingerprint density at radius 2 is 1.89 bits per heavy atom. The van der Waals surface area contributed by atoms with Crippen molar-refractivity contribution >= 4 is 29.4 Å². The summed E-state index contributed by atoms with van der Waals surface area (Å²) in [5, 5.41) is 0.436. The number of allylic oxidation sites excluding steroid dienone is 1. The minimum atomic E-state index is -0.476. The molecule has 2 aromatic rings. The fourth-order valence-corrected chi connectivity index (χ4v) is 2.69. The van der Waals surface area contributed by atoms with Crippen LogP contribution in [0, 0.1) is 0 Å². The van der Waals surface area contributed by atoms with Gasteiger partial charge in [0.05, 0.1) is 12.1 Å². The second-order valence-corrected chi connectivity index (χ2v) is 6.02. The van der Waals surface area contributed by atoms with Gasteiger partial charge in [-0.15, -0.1) is 0 Å². The Morgan fingerprint density at radius 1 is 1.15 bits per heavy atom. The fourth-order valence-electron chi connectivity index (χ4n) is 2.41. The van der Waals surface area contributed by atoms with E-state index < -0.39 is 5.97 Å². The first-order chi connectivity index (χ1) is 13.1. The SMILES string of the molecule is COC(=O)COc1ccc(C(=O)/C=C/c2cc(Cl)c3c(c2)OCCO3)cc1. The summed E-state index contributed by atoms with van der Waals surface area (Å²) < 4.78 is 20.7. The van der Waals surface area contributed by atoms with E-state index in [1.807, 2.05) is 0 Å². The Morgan fingerprint density at radius 3 is 2.63 bits per heavy atom. The number of rotatable bonds is 6. The smallest absolute Gasteiger partial charge is 0.343 e. The van der Waals surface area contributed by atoms with Crippen molar-refractivity contribution in [2.45, 2.75) is 0 Å². The highest BCUT2D eigenvalue weighted by Gasteiger charge is 2.16. The number of carbonyl (C=O) groups excluding carboxylic acids is 2. The molecule has 27 heavy (non-hydrogen) atoms. The van der Waals surface area contributed by atoms with Crippen LogP contribution in [0.15, 0.2) is 42.5 Å². The minimum absolute atomic E-state index is 0.180. The van der Waals surface area contributed by atoms with Gasteiger partial charge in [-0.05, 0) is 48.0 Å². The zero-order chi connectivity index (χ0) is 19.2. The van der Waals surface area contributed by atoms with Crippen LogP contribution in [-0.4, -0.2) is 38.7 Å². The van der Waals surface area contributed by atoms with Gasteiger partial charge in [0.1, 0.15) is 19.0 Å². The predicted molar refractivity (Wildman–Crippen MR) is 99.8 cm³/mol. The number of benzene rings is 2. The van der Waals surface area contributed by atoms with Crippen LogP contribution in [0.3, 0.4) is 0 Å². The number of halogens is 1. The van der Waals surface area contributed by atoms with E-state index in [-0.39, 0.29) is 12.4 Å². The Balaban J connectivity index is 1.66. The Labute approximate surface area is 161 Å². The molecule has 2 aromatic carbocycles. The van der Waals surface area contributed by atoms with Gasteiger partial charge in [0.25, 0.3) is 0 Å². The van der Waals surface area contributed by atoms with E-state index >= 15 is 0 Å². The average Bonchev–Trinajstić information content (AvgIpc) is 2.70. The molecule has 0 amide bonds. The first-order valence-corrected chi connectivity index (χ1v) is 8.56. The van der Waals surface area contributed by atoms with E-state index in [2.05, 4.69) is 4.74 Å². The van der Waals surface area contributed by atoms with Crippen molar-refractivity contribution in [1.82, 2.24) is 0 Å². The summed E-state index contributed by atoms with van der Waals surface area (Å²) in [5.41, 5.74) is 1.22. The highest BCUT2D eigenvalue weighted by atomic mass is 35.5. The molecule has 3 rings (SSSR count). The van der Waals surface area contributed by atoms with Gasteiger partial charge in [0.2, 0.25) is 0 Å². The van der Waals surface area contributed by atoms with E-state index in [0.29, 0.717) is 41.0 Å². The zero-order valence-corrected chi connectivity index (χ0v) is 15.3. The molecule has 0 atom stereocenters. The number of esters is 1. The van der Waals surface area contributed by atoms with Gasteiger partial charge in [0.15, 0.2) is 23.9 Å². The van der Waals surface area contributed by atoms with E-state index in [0.717, 1.165) is 5.56 Å². The van der Waals surface area contributed by atoms with Crippen LogP contribution < -0.4 is 14.2 Å². The maximum Gasteiger partial charge on any atom is 0.343 e. The molecule has 0 saturated heterocycles. The van der Waals surface area contributed by atoms with Crippen molar-refractivity contribution in [3.63, 3.8) is 0 Å². The normalized spacial score (nSPS) is 12.7. The molecule has 1 aliphatic heterocycles. The van der Waals surface area contributed by atoms with Crippen molar-refractivity contribution in [3.05, 3.63) is 58.6 Å². The number of ether oxygens (including phenoxy) is 4. The van der Waals surface area contributed by atoms with Gasteiger partial charge in [-0.3, -0.25) is 4.79 Å². The standard InChI is InChI=1S/C20H17ClO6/c1-24-19(23)12-27-15-5-3-14(4-6-15)17(22)7-2-13-10-16(21)20-18(11-13)25-8-9-26-20/h2-7,10-11H,8-9,12H2,1H3/b7-2+. The first-order valence-electron chi connectivity index (χ1n) is 8.18. The Kier molecular flexibility index (Phi) is 5.98. The number of hydrogen-bond acceptors (Lipinski definition) is 6. The molecule has 140 valence electrons. The topological polar surface area (TPSA) is 71.1 Å². The second kappa shape index (κ2) is 8.60. The van der Waals surface area contributed by atoms with Crippen LogP contribution in [0.4, 0.5) is 0 Å². The van der Waals surface area contributed by atoms with Crippen molar-refractivity contribution in [2.24, 2.45) is 0 Å². The summed E-state index contributed by atoms with van der Waals surface area (Å²) in [6.07, 6.45) is 3.11. The molecule has 0 N–H and O–H groups in total. The Hall–Kier alpha value is -2.99. The summed E-state index contributed by atoms with van der Waals surface area (Å²) in [6.45, 7) is 0.730. The fraction of sp³-hybridized carbons (Fsp3) is 0.200. The van der Waals surface area contributed by atoms with E-state index in [9.17, 15) is 9.59 Å². The molecular formula is C20H17ClO6. The highest BCUT2D eigenvalue weighted by Crippen LogP contribution is 2.38. The molecule has 0 spiro atoms. The van der Waals surface area contributed by atoms with E-state index in [1.165, 1.54) is 13.2 Å². The molecule has 7 heteroatoms. The molecule has 0 radical (unpaired) electrons. The van der Waals surface area contributed by atoms with E-state index in [4.69, 9.17) is 25.8 Å². The molecule has 0 fully saturated rings. The van der Waals surface area contributed by atoms with Gasteiger partial charge in [0, 0.05) is 5.56 Å². The lowest BCUT2D eigenvalue weighted by molar-refractivity contribution is -0.142. The number of fused-ring (bicyclic) bond motifs is 1. The third-order valence-corrected chi connectivity index (χ3v) is 4.05. The van der Waals surface area contributed by atoms with Crippen molar-refractivity contribution in [1.29, 1.82) is 0 Å². The molecule has 1 aliphatic rings. The average molecular weight is 389 g/mol. The Bertz CT molecular complexity index is 873. The molecule has 6 nitrogen and oxygen atoms in total. The molecule has 0 bridgehead atoms. The summed E-state index contributed by atoms with van der Waals surface area (Å²) in [4.78, 5) is 23.4. The second-order valence-electron chi connectivity index (χ2n) is 5.61. The van der Waals surface area contributed by atoms with Crippen LogP contribution in [0.5, 0.6) is 17.2 Å². The third kappa shape index (κ3) is 4.80. The summed E-state index contributed by atoms with van der Waals surface area (Å²) >= 11 is 6.19. The molecule has 0 unspecified atom stereocenters. The lowest BCUT2D eigenvalue weighted by Crippen LogP contribution is -2.15. The van der Waals surface area contributed by atoms with Crippen molar-refractivity contribution in [3.8, 4) is 17.2 Å². The molecule has 0 saturated carbocycles. The van der Waals surface area contributed by atoms with Gasteiger partial charge in [-0.1, -0.05) is 17.7 Å². The molecule has 1 heterocycles. The van der Waals surface area contributed by atoms with Crippen LogP contribution in [0.1, 0.15) is 15.9 Å². The number of ketones is 1. The lowest BCUT2D eigenvalue weighted by Gasteiger charge is -2.19. The number of carbonyl (C=O) groups is 2. The van der Waals surface area contributed by atoms with Gasteiger partial charge in [-0.2, -0.15) is 0 Å². The molecular weight excluding hydrogens is 372 g/mol. The zero-order valence-electron chi connectivity index (χ0n) is 14.6. The van der Waals surface area contributed by atoms with Crippen LogP contribution in [0.25, 0.3) is 6.08 Å². The van der Waals surface area contributed by atoms with E-state index in [1.54, 1.807) is 42.5 Å². The minimum Gasteiger partial charge on any atom is -0.486 e. The predicted octanol–water partition coefficient (Wildman–Crippen LogP) is 3.56. The molecule has 0 aromatic heterocycles. The van der Waals surface area contributed by atoms with Gasteiger partial charge < -0.3 is 18.9 Å². The first kappa shape index (κ1) is 18.8. The van der Waals surface area contributed by atoms with Gasteiger partial charge in [-0.25, -0.2) is 4.79 Å². The summed E-state index contributed by atoms with van der Waals surface area (Å²) in [7, 11) is 1.29. The van der Waals surface area contributed by atoms with Crippen molar-refractivity contribution in [2.75, 3.05) is 26.9 Å². The maximum atomic E-state index is 12.3. The maximum absolute atomic E-state index is 12.3. The lowest BCUT2D eigenvalue weighted by atomic mass is 10.1. The summed E-state index contributed by atoms with van der Waals surface area (Å²) in [5.74, 6) is 0.901. The van der Waals surface area contributed by atoms with Crippen LogP contribution >= 0.6 is 11.6 Å². The third-order valence-electron chi connectivity index (χ3n) is 3.77. The van der Waals surface area contributed by atoms with Crippen LogP contribution in [-0.2, 0) is 9.53 Å². The molecule has 0 aliphatic carbocycles. The highest BCUT2D eigenvalue weighted by molar-refractivity contribution is 6.32.